The SMILES string of the molecule is COC(=O)Cn1cc(-c2ccc(CCC(CCCc3ccccc3)C(=O)O)cc2)cn1. The number of carbonyl (C=O) groups excluding carboxylic acids is 1. The number of aliphatic carboxylic acids is 1. The molecule has 1 atom stereocenters. The molecule has 3 aromatic rings. The molecule has 1 unspecified atom stereocenters. The summed E-state index contributed by atoms with van der Waals surface area (Å²) in [5, 5.41) is 13.8. The van der Waals surface area contributed by atoms with Crippen LogP contribution in [0.25, 0.3) is 11.1 Å². The number of carboxylic acids is 1. The minimum atomic E-state index is -0.720. The van der Waals surface area contributed by atoms with Crippen LogP contribution in [0, 0.1) is 5.92 Å². The van der Waals surface area contributed by atoms with Crippen molar-refractivity contribution in [3.63, 3.8) is 0 Å². The van der Waals surface area contributed by atoms with Gasteiger partial charge in [0.1, 0.15) is 6.54 Å². The Bertz CT molecular complexity index is 980. The summed E-state index contributed by atoms with van der Waals surface area (Å²) in [4.78, 5) is 23.0. The molecule has 0 saturated heterocycles. The van der Waals surface area contributed by atoms with E-state index in [4.69, 9.17) is 0 Å². The molecule has 1 aromatic heterocycles. The summed E-state index contributed by atoms with van der Waals surface area (Å²) in [5.41, 5.74) is 4.27. The van der Waals surface area contributed by atoms with Crippen molar-refractivity contribution in [2.45, 2.75) is 38.6 Å². The van der Waals surface area contributed by atoms with Gasteiger partial charge >= 0.3 is 11.9 Å². The summed E-state index contributed by atoms with van der Waals surface area (Å²) in [7, 11) is 1.35. The van der Waals surface area contributed by atoms with E-state index in [0.717, 1.165) is 36.0 Å². The maximum atomic E-state index is 11.7. The van der Waals surface area contributed by atoms with E-state index in [1.807, 2.05) is 42.5 Å². The van der Waals surface area contributed by atoms with Crippen LogP contribution in [-0.2, 0) is 33.7 Å². The average molecular weight is 421 g/mol. The molecule has 162 valence electrons. The number of rotatable bonds is 11. The highest BCUT2D eigenvalue weighted by atomic mass is 16.5. The lowest BCUT2D eigenvalue weighted by atomic mass is 9.93. The number of hydrogen-bond donors (Lipinski definition) is 1. The van der Waals surface area contributed by atoms with Gasteiger partial charge in [-0.1, -0.05) is 54.6 Å². The molecule has 0 spiro atoms. The van der Waals surface area contributed by atoms with Gasteiger partial charge in [-0.3, -0.25) is 14.3 Å². The van der Waals surface area contributed by atoms with E-state index in [9.17, 15) is 14.7 Å². The average Bonchev–Trinajstić information content (AvgIpc) is 3.25. The molecule has 0 fully saturated rings. The number of benzene rings is 2. The molecular formula is C25H28N2O4. The van der Waals surface area contributed by atoms with E-state index < -0.39 is 5.97 Å². The van der Waals surface area contributed by atoms with Crippen LogP contribution < -0.4 is 0 Å². The summed E-state index contributed by atoms with van der Waals surface area (Å²) >= 11 is 0. The van der Waals surface area contributed by atoms with Crippen LogP contribution in [0.5, 0.6) is 0 Å². The van der Waals surface area contributed by atoms with Crippen molar-refractivity contribution in [1.29, 1.82) is 0 Å². The van der Waals surface area contributed by atoms with Gasteiger partial charge < -0.3 is 9.84 Å². The van der Waals surface area contributed by atoms with Crippen LogP contribution in [-0.4, -0.2) is 33.9 Å². The van der Waals surface area contributed by atoms with Gasteiger partial charge in [0.2, 0.25) is 0 Å². The first-order valence-electron chi connectivity index (χ1n) is 10.5. The molecule has 2 aromatic carbocycles. The van der Waals surface area contributed by atoms with Crippen LogP contribution in [0.3, 0.4) is 0 Å². The lowest BCUT2D eigenvalue weighted by Gasteiger charge is -2.12. The van der Waals surface area contributed by atoms with Crippen molar-refractivity contribution in [2.75, 3.05) is 7.11 Å². The fourth-order valence-electron chi connectivity index (χ4n) is 3.59. The number of esters is 1. The number of nitrogens with zero attached hydrogens (tertiary/aromatic N) is 2. The summed E-state index contributed by atoms with van der Waals surface area (Å²) in [6.45, 7) is 0.0788. The molecule has 1 heterocycles. The van der Waals surface area contributed by atoms with Crippen molar-refractivity contribution in [3.8, 4) is 11.1 Å². The number of methoxy groups -OCH3 is 1. The normalized spacial score (nSPS) is 11.8. The van der Waals surface area contributed by atoms with Gasteiger partial charge in [-0.05, 0) is 48.8 Å². The van der Waals surface area contributed by atoms with Crippen LogP contribution in [0.2, 0.25) is 0 Å². The highest BCUT2D eigenvalue weighted by Gasteiger charge is 2.17. The molecule has 0 aliphatic carbocycles. The monoisotopic (exact) mass is 420 g/mol. The Morgan fingerprint density at radius 3 is 2.35 bits per heavy atom. The number of ether oxygens (including phenoxy) is 1. The largest absolute Gasteiger partial charge is 0.481 e. The Morgan fingerprint density at radius 1 is 0.968 bits per heavy atom. The van der Waals surface area contributed by atoms with E-state index >= 15 is 0 Å². The lowest BCUT2D eigenvalue weighted by molar-refractivity contribution is -0.142. The molecule has 0 radical (unpaired) electrons. The standard InChI is InChI=1S/C25H28N2O4/c1-31-24(28)18-27-17-23(16-26-27)21-13-10-20(11-14-21)12-15-22(25(29)30)9-5-8-19-6-3-2-4-7-19/h2-4,6-7,10-11,13-14,16-17,22H,5,8-9,12,15,18H2,1H3,(H,29,30). The Balaban J connectivity index is 1.51. The second-order valence-corrected chi connectivity index (χ2v) is 7.65. The highest BCUT2D eigenvalue weighted by molar-refractivity contribution is 5.70. The smallest absolute Gasteiger partial charge is 0.327 e. The van der Waals surface area contributed by atoms with Gasteiger partial charge in [0.15, 0.2) is 0 Å². The second-order valence-electron chi connectivity index (χ2n) is 7.65. The minimum Gasteiger partial charge on any atom is -0.481 e. The highest BCUT2D eigenvalue weighted by Crippen LogP contribution is 2.22. The zero-order chi connectivity index (χ0) is 22.1. The fourth-order valence-corrected chi connectivity index (χ4v) is 3.59. The summed E-state index contributed by atoms with van der Waals surface area (Å²) in [5.74, 6) is -1.40. The maximum Gasteiger partial charge on any atom is 0.327 e. The van der Waals surface area contributed by atoms with Gasteiger partial charge in [-0.25, -0.2) is 0 Å². The van der Waals surface area contributed by atoms with Crippen LogP contribution in [0.1, 0.15) is 30.4 Å². The molecule has 3 rings (SSSR count). The topological polar surface area (TPSA) is 81.4 Å². The van der Waals surface area contributed by atoms with Gasteiger partial charge in [0, 0.05) is 11.8 Å². The van der Waals surface area contributed by atoms with Crippen molar-refractivity contribution in [2.24, 2.45) is 5.92 Å². The van der Waals surface area contributed by atoms with E-state index in [-0.39, 0.29) is 18.4 Å². The predicted molar refractivity (Wildman–Crippen MR) is 119 cm³/mol. The number of carboxylic acid groups (broad SMARTS) is 1. The number of carbonyl (C=O) groups is 2. The second kappa shape index (κ2) is 11.1. The third kappa shape index (κ3) is 6.81. The Labute approximate surface area is 182 Å². The van der Waals surface area contributed by atoms with Crippen LogP contribution in [0.4, 0.5) is 0 Å². The maximum absolute atomic E-state index is 11.7. The van der Waals surface area contributed by atoms with Gasteiger partial charge in [-0.2, -0.15) is 5.10 Å². The van der Waals surface area contributed by atoms with Crippen molar-refractivity contribution in [3.05, 3.63) is 78.1 Å². The Kier molecular flexibility index (Phi) is 7.98. The van der Waals surface area contributed by atoms with Crippen molar-refractivity contribution in [1.82, 2.24) is 9.78 Å². The number of hydrogen-bond acceptors (Lipinski definition) is 4. The molecule has 31 heavy (non-hydrogen) atoms. The Morgan fingerprint density at radius 2 is 1.68 bits per heavy atom. The first-order valence-corrected chi connectivity index (χ1v) is 10.5. The zero-order valence-electron chi connectivity index (χ0n) is 17.7. The molecule has 1 N–H and O–H groups in total. The fraction of sp³-hybridized carbons (Fsp3) is 0.320. The Hall–Kier alpha value is -3.41. The predicted octanol–water partition coefficient (Wildman–Crippen LogP) is 4.38. The third-order valence-corrected chi connectivity index (χ3v) is 5.43. The lowest BCUT2D eigenvalue weighted by Crippen LogP contribution is -2.15. The molecule has 6 nitrogen and oxygen atoms in total. The van der Waals surface area contributed by atoms with E-state index in [2.05, 4.69) is 22.0 Å². The summed E-state index contributed by atoms with van der Waals surface area (Å²) in [6.07, 6.45) is 7.33. The number of aryl methyl sites for hydroxylation is 2. The van der Waals surface area contributed by atoms with Gasteiger partial charge in [0.25, 0.3) is 0 Å². The summed E-state index contributed by atoms with van der Waals surface area (Å²) < 4.78 is 6.20. The zero-order valence-corrected chi connectivity index (χ0v) is 17.7. The minimum absolute atomic E-state index is 0.0788. The summed E-state index contributed by atoms with van der Waals surface area (Å²) in [6, 6.07) is 18.2. The molecular weight excluding hydrogens is 392 g/mol. The van der Waals surface area contributed by atoms with Crippen molar-refractivity contribution >= 4 is 11.9 Å². The quantitative estimate of drug-likeness (QED) is 0.466. The molecule has 0 bridgehead atoms. The van der Waals surface area contributed by atoms with Crippen LogP contribution >= 0.6 is 0 Å². The molecule has 6 heteroatoms. The first-order chi connectivity index (χ1) is 15.0. The molecule has 0 aliphatic rings. The van der Waals surface area contributed by atoms with E-state index in [1.165, 1.54) is 12.7 Å². The molecule has 0 amide bonds. The van der Waals surface area contributed by atoms with Crippen LogP contribution in [0.15, 0.2) is 67.0 Å². The van der Waals surface area contributed by atoms with Gasteiger partial charge in [0.05, 0.1) is 19.2 Å². The van der Waals surface area contributed by atoms with E-state index in [0.29, 0.717) is 12.8 Å². The molecule has 0 saturated carbocycles. The first kappa shape index (κ1) is 22.3. The van der Waals surface area contributed by atoms with Crippen molar-refractivity contribution < 1.29 is 19.4 Å². The third-order valence-electron chi connectivity index (χ3n) is 5.43. The van der Waals surface area contributed by atoms with E-state index in [1.54, 1.807) is 17.1 Å². The number of aromatic nitrogens is 2. The van der Waals surface area contributed by atoms with Gasteiger partial charge in [-0.15, -0.1) is 0 Å². The molecule has 0 aliphatic heterocycles.